The maximum Gasteiger partial charge on any atom is 0.343 e. The first-order valence-corrected chi connectivity index (χ1v) is 28.2. The first kappa shape index (κ1) is 59.8. The monoisotopic (exact) mass is 1170 g/mol. The predicted molar refractivity (Wildman–Crippen MR) is 335 cm³/mol. The molecule has 438 valence electrons. The largest absolute Gasteiger partial charge is 0.493 e. The van der Waals surface area contributed by atoms with Gasteiger partial charge in [0.1, 0.15) is 34.5 Å². The second kappa shape index (κ2) is 28.0. The molecule has 10 rings (SSSR count). The summed E-state index contributed by atoms with van der Waals surface area (Å²) in [4.78, 5) is 77.5. The van der Waals surface area contributed by atoms with E-state index in [4.69, 9.17) is 37.9 Å². The van der Waals surface area contributed by atoms with Crippen LogP contribution in [0.2, 0.25) is 0 Å². The standard InChI is InChI=1S/C74H58O14/c1-47(2)69(75)83-45-9-43-81-59-33-27-57(28-34-59)71(77)85-61-37-23-51(24-38-61)49-15-19-55(20-16-49)73(79)87-65-41-31-53-11-5-7-13-63(53)67(65)68-64-14-8-6-12-54(64)32-42-66(68)88-74(80)56-21-17-50(18-22-56)52-25-39-62(40-26-52)86-72(78)58-29-35-60(36-30-58)82-44-10-46-84-70(76)48(3)4/h5-8,11-42H,1,3,9-10,43-46H2,2,4H3. The van der Waals surface area contributed by atoms with E-state index in [1.807, 2.05) is 109 Å². The molecular formula is C74H58O14. The zero-order valence-electron chi connectivity index (χ0n) is 48.2. The predicted octanol–water partition coefficient (Wildman–Crippen LogP) is 15.6. The second-order valence-electron chi connectivity index (χ2n) is 20.4. The molecular weight excluding hydrogens is 1110 g/mol. The molecule has 88 heavy (non-hydrogen) atoms. The first-order chi connectivity index (χ1) is 42.7. The summed E-state index contributed by atoms with van der Waals surface area (Å²) in [5, 5.41) is 3.27. The van der Waals surface area contributed by atoms with Gasteiger partial charge in [-0.15, -0.1) is 0 Å². The van der Waals surface area contributed by atoms with E-state index in [-0.39, 0.29) is 24.7 Å². The third kappa shape index (κ3) is 14.9. The lowest BCUT2D eigenvalue weighted by Gasteiger charge is -2.19. The zero-order valence-corrected chi connectivity index (χ0v) is 48.2. The number of fused-ring (bicyclic) bond motifs is 2. The third-order valence-electron chi connectivity index (χ3n) is 13.9. The molecule has 14 nitrogen and oxygen atoms in total. The van der Waals surface area contributed by atoms with E-state index < -0.39 is 35.8 Å². The minimum atomic E-state index is -0.607. The topological polar surface area (TPSA) is 176 Å². The molecule has 0 spiro atoms. The SMILES string of the molecule is C=C(C)C(=O)OCCCOc1ccc(C(=O)Oc2ccc(-c3ccc(C(=O)Oc4ccc5ccccc5c4-c4c(OC(=O)c5ccc(-c6ccc(OC(=O)c7ccc(OCCCOC(=O)C(=C)C)cc7)cc6)cc5)ccc5ccccc45)cc3)cc2)cc1. The van der Waals surface area contributed by atoms with Crippen molar-refractivity contribution in [1.82, 2.24) is 0 Å². The minimum absolute atomic E-state index is 0.204. The molecule has 10 aromatic rings. The molecule has 0 heterocycles. The van der Waals surface area contributed by atoms with Gasteiger partial charge in [-0.25, -0.2) is 28.8 Å². The van der Waals surface area contributed by atoms with Crippen molar-refractivity contribution in [3.8, 4) is 67.9 Å². The summed E-state index contributed by atoms with van der Waals surface area (Å²) >= 11 is 0. The summed E-state index contributed by atoms with van der Waals surface area (Å²) in [6.45, 7) is 11.3. The number of hydrogen-bond acceptors (Lipinski definition) is 14. The average Bonchev–Trinajstić information content (AvgIpc) is 1.82. The van der Waals surface area contributed by atoms with E-state index in [1.54, 1.807) is 123 Å². The van der Waals surface area contributed by atoms with Crippen LogP contribution in [0.1, 0.15) is 68.1 Å². The molecule has 0 bridgehead atoms. The Morgan fingerprint density at radius 2 is 0.614 bits per heavy atom. The normalized spacial score (nSPS) is 10.8. The summed E-state index contributed by atoms with van der Waals surface area (Å²) in [5.41, 5.74) is 6.28. The second-order valence-corrected chi connectivity index (χ2v) is 20.4. The molecule has 0 radical (unpaired) electrons. The van der Waals surface area contributed by atoms with Crippen LogP contribution >= 0.6 is 0 Å². The van der Waals surface area contributed by atoms with Gasteiger partial charge >= 0.3 is 35.8 Å². The third-order valence-corrected chi connectivity index (χ3v) is 13.9. The van der Waals surface area contributed by atoms with Crippen LogP contribution in [-0.2, 0) is 19.1 Å². The Hall–Kier alpha value is -11.4. The Morgan fingerprint density at radius 3 is 0.955 bits per heavy atom. The molecule has 0 amide bonds. The number of rotatable bonds is 23. The Bertz CT molecular complexity index is 3950. The molecule has 0 unspecified atom stereocenters. The van der Waals surface area contributed by atoms with Crippen molar-refractivity contribution in [2.24, 2.45) is 0 Å². The maximum atomic E-state index is 14.2. The van der Waals surface area contributed by atoms with Crippen molar-refractivity contribution in [3.63, 3.8) is 0 Å². The molecule has 14 heteroatoms. The van der Waals surface area contributed by atoms with Crippen LogP contribution in [0.4, 0.5) is 0 Å². The van der Waals surface area contributed by atoms with E-state index in [1.165, 1.54) is 0 Å². The Kier molecular flexibility index (Phi) is 19.0. The van der Waals surface area contributed by atoms with Crippen molar-refractivity contribution in [3.05, 3.63) is 265 Å². The highest BCUT2D eigenvalue weighted by Crippen LogP contribution is 2.46. The Labute approximate surface area is 507 Å². The molecule has 0 aromatic heterocycles. The molecule has 0 N–H and O–H groups in total. The number of hydrogen-bond donors (Lipinski definition) is 0. The molecule has 0 aliphatic rings. The van der Waals surface area contributed by atoms with E-state index in [0.29, 0.717) is 93.6 Å². The molecule has 0 aliphatic carbocycles. The summed E-state index contributed by atoms with van der Waals surface area (Å²) in [7, 11) is 0. The molecule has 0 atom stereocenters. The highest BCUT2D eigenvalue weighted by molar-refractivity contribution is 6.11. The zero-order chi connectivity index (χ0) is 61.5. The average molecular weight is 1170 g/mol. The quantitative estimate of drug-likeness (QED) is 0.0256. The van der Waals surface area contributed by atoms with Gasteiger partial charge in [-0.3, -0.25) is 0 Å². The van der Waals surface area contributed by atoms with Crippen molar-refractivity contribution < 1.29 is 66.7 Å². The molecule has 0 aliphatic heterocycles. The fourth-order valence-corrected chi connectivity index (χ4v) is 9.32. The fraction of sp³-hybridized carbons (Fsp3) is 0.108. The first-order valence-electron chi connectivity index (χ1n) is 28.2. The van der Waals surface area contributed by atoms with Gasteiger partial charge in [0.25, 0.3) is 0 Å². The fourth-order valence-electron chi connectivity index (χ4n) is 9.32. The van der Waals surface area contributed by atoms with E-state index >= 15 is 0 Å². The molecule has 10 aromatic carbocycles. The van der Waals surface area contributed by atoms with Gasteiger partial charge in [-0.1, -0.05) is 122 Å². The number of carbonyl (C=O) groups excluding carboxylic acids is 6. The van der Waals surface area contributed by atoms with Crippen LogP contribution in [-0.4, -0.2) is 62.2 Å². The lowest BCUT2D eigenvalue weighted by Crippen LogP contribution is -2.11. The van der Waals surface area contributed by atoms with E-state index in [2.05, 4.69) is 13.2 Å². The van der Waals surface area contributed by atoms with Crippen LogP contribution in [0.25, 0.3) is 54.9 Å². The van der Waals surface area contributed by atoms with Gasteiger partial charge in [0.05, 0.1) is 48.7 Å². The van der Waals surface area contributed by atoms with Crippen molar-refractivity contribution in [2.45, 2.75) is 26.7 Å². The summed E-state index contributed by atoms with van der Waals surface area (Å²) in [5.74, 6) is -0.890. The van der Waals surface area contributed by atoms with Crippen LogP contribution in [0.5, 0.6) is 34.5 Å². The lowest BCUT2D eigenvalue weighted by atomic mass is 9.92. The van der Waals surface area contributed by atoms with Crippen LogP contribution in [0, 0.1) is 0 Å². The highest BCUT2D eigenvalue weighted by atomic mass is 16.6. The molecule has 0 saturated carbocycles. The van der Waals surface area contributed by atoms with Gasteiger partial charge in [-0.05, 0) is 167 Å². The molecule has 0 saturated heterocycles. The number of benzene rings is 10. The summed E-state index contributed by atoms with van der Waals surface area (Å²) < 4.78 is 45.5. The van der Waals surface area contributed by atoms with Gasteiger partial charge in [-0.2, -0.15) is 0 Å². The van der Waals surface area contributed by atoms with Crippen LogP contribution in [0.3, 0.4) is 0 Å². The number of esters is 6. The molecule has 0 fully saturated rings. The summed E-state index contributed by atoms with van der Waals surface area (Å²) in [6, 6.07) is 63.8. The maximum absolute atomic E-state index is 14.2. The van der Waals surface area contributed by atoms with Crippen molar-refractivity contribution in [1.29, 1.82) is 0 Å². The van der Waals surface area contributed by atoms with Gasteiger partial charge in [0.15, 0.2) is 0 Å². The van der Waals surface area contributed by atoms with Crippen molar-refractivity contribution in [2.75, 3.05) is 26.4 Å². The van der Waals surface area contributed by atoms with Gasteiger partial charge < -0.3 is 37.9 Å². The smallest absolute Gasteiger partial charge is 0.343 e. The minimum Gasteiger partial charge on any atom is -0.493 e. The van der Waals surface area contributed by atoms with Gasteiger partial charge in [0.2, 0.25) is 0 Å². The van der Waals surface area contributed by atoms with E-state index in [0.717, 1.165) is 43.8 Å². The summed E-state index contributed by atoms with van der Waals surface area (Å²) in [6.07, 6.45) is 0.986. The lowest BCUT2D eigenvalue weighted by molar-refractivity contribution is -0.140. The number of carbonyl (C=O) groups is 6. The van der Waals surface area contributed by atoms with E-state index in [9.17, 15) is 28.8 Å². The number of ether oxygens (including phenoxy) is 8. The van der Waals surface area contributed by atoms with Crippen LogP contribution in [0.15, 0.2) is 243 Å². The highest BCUT2D eigenvalue weighted by Gasteiger charge is 2.24. The Morgan fingerprint density at radius 1 is 0.318 bits per heavy atom. The van der Waals surface area contributed by atoms with Crippen molar-refractivity contribution >= 4 is 57.4 Å². The van der Waals surface area contributed by atoms with Gasteiger partial charge in [0, 0.05) is 35.1 Å². The van der Waals surface area contributed by atoms with Crippen LogP contribution < -0.4 is 28.4 Å². The Balaban J connectivity index is 0.782.